The highest BCUT2D eigenvalue weighted by Gasteiger charge is 2.13. The highest BCUT2D eigenvalue weighted by atomic mass is 32.2. The summed E-state index contributed by atoms with van der Waals surface area (Å²) < 4.78 is 9.21. The smallest absolute Gasteiger partial charge is 0.306 e. The Bertz CT molecular complexity index is 276. The molecule has 0 aliphatic carbocycles. The molecule has 0 spiro atoms. The molecule has 0 unspecified atom stereocenters. The van der Waals surface area contributed by atoms with Crippen LogP contribution in [0.3, 0.4) is 0 Å². The summed E-state index contributed by atoms with van der Waals surface area (Å²) in [6.07, 6.45) is 2.69. The number of ether oxygens (including phenoxy) is 2. The number of hydrogen-bond donors (Lipinski definition) is 0. The Morgan fingerprint density at radius 3 is 1.40 bits per heavy atom. The fraction of sp³-hybridized carbons (Fsp3) is 0.786. The SMILES string of the molecule is CCC(=O)OC.CCC(=O)OC(C)(C)C.CSC(C)=O. The molecule has 0 amide bonds. The molecule has 0 aliphatic rings. The lowest BCUT2D eigenvalue weighted by atomic mass is 10.2. The molecule has 0 atom stereocenters. The molecule has 0 N–H and O–H groups in total. The molecule has 0 aromatic rings. The van der Waals surface area contributed by atoms with Gasteiger partial charge in [-0.2, -0.15) is 0 Å². The average molecular weight is 308 g/mol. The van der Waals surface area contributed by atoms with E-state index in [-0.39, 0.29) is 22.7 Å². The van der Waals surface area contributed by atoms with Gasteiger partial charge in [-0.15, -0.1) is 0 Å². The Balaban J connectivity index is -0.000000230. The van der Waals surface area contributed by atoms with E-state index in [1.807, 2.05) is 20.8 Å². The minimum Gasteiger partial charge on any atom is -0.469 e. The van der Waals surface area contributed by atoms with Crippen molar-refractivity contribution in [2.45, 2.75) is 60.0 Å². The Morgan fingerprint density at radius 1 is 1.00 bits per heavy atom. The van der Waals surface area contributed by atoms with Crippen molar-refractivity contribution < 1.29 is 23.9 Å². The van der Waals surface area contributed by atoms with Crippen molar-refractivity contribution in [3.63, 3.8) is 0 Å². The van der Waals surface area contributed by atoms with E-state index in [0.717, 1.165) is 0 Å². The number of thioether (sulfide) groups is 1. The molecule has 0 aliphatic heterocycles. The summed E-state index contributed by atoms with van der Waals surface area (Å²) in [7, 11) is 1.38. The molecule has 0 heterocycles. The van der Waals surface area contributed by atoms with E-state index < -0.39 is 0 Å². The minimum atomic E-state index is -0.326. The number of methoxy groups -OCH3 is 1. The zero-order valence-electron chi connectivity index (χ0n) is 13.9. The van der Waals surface area contributed by atoms with Crippen molar-refractivity contribution in [3.8, 4) is 0 Å². The van der Waals surface area contributed by atoms with Gasteiger partial charge in [-0.3, -0.25) is 14.4 Å². The van der Waals surface area contributed by atoms with E-state index in [1.54, 1.807) is 27.0 Å². The van der Waals surface area contributed by atoms with Gasteiger partial charge in [-0.25, -0.2) is 0 Å². The standard InChI is InChI=1S/C7H14O2.C4H8O2.C3H6OS/c1-5-6(8)9-7(2,3)4;1-3-4(5)6-2;1-3(4)5-2/h5H2,1-4H3;3H2,1-2H3;1-2H3. The molecule has 0 saturated heterocycles. The zero-order valence-corrected chi connectivity index (χ0v) is 14.7. The van der Waals surface area contributed by atoms with Crippen LogP contribution in [0.5, 0.6) is 0 Å². The molecule has 0 aromatic carbocycles. The van der Waals surface area contributed by atoms with Crippen molar-refractivity contribution in [2.75, 3.05) is 13.4 Å². The van der Waals surface area contributed by atoms with Crippen LogP contribution in [0, 0.1) is 0 Å². The van der Waals surface area contributed by atoms with Crippen molar-refractivity contribution in [2.24, 2.45) is 0 Å². The third-order valence-electron chi connectivity index (χ3n) is 1.51. The largest absolute Gasteiger partial charge is 0.469 e. The van der Waals surface area contributed by atoms with Crippen molar-refractivity contribution in [3.05, 3.63) is 0 Å². The Morgan fingerprint density at radius 2 is 1.35 bits per heavy atom. The van der Waals surface area contributed by atoms with Gasteiger partial charge in [0.15, 0.2) is 5.12 Å². The molecule has 20 heavy (non-hydrogen) atoms. The fourth-order valence-electron chi connectivity index (χ4n) is 0.558. The Hall–Kier alpha value is -1.04. The van der Waals surface area contributed by atoms with Crippen LogP contribution in [-0.2, 0) is 23.9 Å². The second kappa shape index (κ2) is 14.4. The number of rotatable bonds is 2. The lowest BCUT2D eigenvalue weighted by Crippen LogP contribution is -2.23. The number of carbonyl (C=O) groups excluding carboxylic acids is 3. The highest BCUT2D eigenvalue weighted by Crippen LogP contribution is 2.07. The van der Waals surface area contributed by atoms with Crippen LogP contribution >= 0.6 is 11.8 Å². The molecule has 0 rings (SSSR count). The summed E-state index contributed by atoms with van der Waals surface area (Å²) in [5.74, 6) is -0.294. The van der Waals surface area contributed by atoms with Gasteiger partial charge in [0.2, 0.25) is 0 Å². The van der Waals surface area contributed by atoms with Gasteiger partial charge < -0.3 is 9.47 Å². The van der Waals surface area contributed by atoms with E-state index >= 15 is 0 Å². The van der Waals surface area contributed by atoms with E-state index in [1.165, 1.54) is 18.9 Å². The number of hydrogen-bond acceptors (Lipinski definition) is 6. The van der Waals surface area contributed by atoms with E-state index in [4.69, 9.17) is 4.74 Å². The summed E-state index contributed by atoms with van der Waals surface area (Å²) in [5, 5.41) is 0.171. The van der Waals surface area contributed by atoms with Gasteiger partial charge in [0.1, 0.15) is 5.60 Å². The molecular weight excluding hydrogens is 280 g/mol. The van der Waals surface area contributed by atoms with Crippen LogP contribution in [0.1, 0.15) is 54.4 Å². The summed E-state index contributed by atoms with van der Waals surface area (Å²) in [4.78, 5) is 30.3. The van der Waals surface area contributed by atoms with Crippen LogP contribution in [0.15, 0.2) is 0 Å². The first-order chi connectivity index (χ1) is 9.03. The quantitative estimate of drug-likeness (QED) is 0.730. The average Bonchev–Trinajstić information content (AvgIpc) is 2.37. The number of carbonyl (C=O) groups is 3. The molecule has 5 nitrogen and oxygen atoms in total. The summed E-state index contributed by atoms with van der Waals surface area (Å²) >= 11 is 1.24. The van der Waals surface area contributed by atoms with E-state index in [0.29, 0.717) is 12.8 Å². The monoisotopic (exact) mass is 308 g/mol. The van der Waals surface area contributed by atoms with Gasteiger partial charge in [0.25, 0.3) is 0 Å². The highest BCUT2D eigenvalue weighted by molar-refractivity contribution is 8.12. The zero-order chi connectivity index (χ0) is 16.8. The third-order valence-corrected chi connectivity index (χ3v) is 2.09. The lowest BCUT2D eigenvalue weighted by molar-refractivity contribution is -0.154. The predicted molar refractivity (Wildman–Crippen MR) is 82.6 cm³/mol. The number of esters is 2. The van der Waals surface area contributed by atoms with Gasteiger partial charge in [0.05, 0.1) is 7.11 Å². The molecular formula is C14H28O5S. The normalized spacial score (nSPS) is 9.20. The predicted octanol–water partition coefficient (Wildman–Crippen LogP) is 3.20. The van der Waals surface area contributed by atoms with Crippen molar-refractivity contribution in [1.29, 1.82) is 0 Å². The summed E-state index contributed by atoms with van der Waals surface area (Å²) in [5.41, 5.74) is -0.326. The van der Waals surface area contributed by atoms with Crippen LogP contribution < -0.4 is 0 Å². The molecule has 0 fully saturated rings. The van der Waals surface area contributed by atoms with Crippen molar-refractivity contribution >= 4 is 28.8 Å². The molecule has 0 saturated carbocycles. The van der Waals surface area contributed by atoms with Crippen LogP contribution in [-0.4, -0.2) is 36.0 Å². The summed E-state index contributed by atoms with van der Waals surface area (Å²) in [6, 6.07) is 0. The summed E-state index contributed by atoms with van der Waals surface area (Å²) in [6.45, 7) is 10.7. The molecule has 120 valence electrons. The lowest BCUT2D eigenvalue weighted by Gasteiger charge is -2.18. The van der Waals surface area contributed by atoms with Gasteiger partial charge >= 0.3 is 11.9 Å². The topological polar surface area (TPSA) is 69.7 Å². The molecule has 0 bridgehead atoms. The Labute approximate surface area is 126 Å². The first kappa shape index (κ1) is 24.0. The second-order valence-corrected chi connectivity index (χ2v) is 5.55. The third kappa shape index (κ3) is 30.2. The molecule has 6 heteroatoms. The van der Waals surface area contributed by atoms with Gasteiger partial charge in [-0.05, 0) is 27.0 Å². The first-order valence-corrected chi connectivity index (χ1v) is 7.59. The van der Waals surface area contributed by atoms with E-state index in [2.05, 4.69) is 4.74 Å². The fourth-order valence-corrected chi connectivity index (χ4v) is 0.558. The maximum Gasteiger partial charge on any atom is 0.306 e. The van der Waals surface area contributed by atoms with Gasteiger partial charge in [0, 0.05) is 19.8 Å². The second-order valence-electron chi connectivity index (χ2n) is 4.57. The molecule has 0 aromatic heterocycles. The van der Waals surface area contributed by atoms with Crippen LogP contribution in [0.4, 0.5) is 0 Å². The van der Waals surface area contributed by atoms with E-state index in [9.17, 15) is 14.4 Å². The van der Waals surface area contributed by atoms with Crippen LogP contribution in [0.2, 0.25) is 0 Å². The van der Waals surface area contributed by atoms with Gasteiger partial charge in [-0.1, -0.05) is 25.6 Å². The van der Waals surface area contributed by atoms with Crippen molar-refractivity contribution in [1.82, 2.24) is 0 Å². The first-order valence-electron chi connectivity index (χ1n) is 6.37. The minimum absolute atomic E-state index is 0.137. The Kier molecular flexibility index (Phi) is 17.3. The maximum absolute atomic E-state index is 10.6. The maximum atomic E-state index is 10.6. The molecule has 0 radical (unpaired) electrons. The van der Waals surface area contributed by atoms with Crippen LogP contribution in [0.25, 0.3) is 0 Å².